The summed E-state index contributed by atoms with van der Waals surface area (Å²) in [6.45, 7) is 3.52. The predicted octanol–water partition coefficient (Wildman–Crippen LogP) is 5.56. The second-order valence-electron chi connectivity index (χ2n) is 8.43. The first-order chi connectivity index (χ1) is 16.8. The van der Waals surface area contributed by atoms with Crippen LogP contribution in [0.2, 0.25) is 0 Å². The molecule has 0 saturated heterocycles. The van der Waals surface area contributed by atoms with Crippen molar-refractivity contribution in [1.29, 1.82) is 0 Å². The minimum absolute atomic E-state index is 0.0450. The smallest absolute Gasteiger partial charge is 0.408 e. The molecule has 0 fully saturated rings. The van der Waals surface area contributed by atoms with Gasteiger partial charge in [-0.15, -0.1) is 11.3 Å². The molecule has 2 aromatic carbocycles. The largest absolute Gasteiger partial charge is 0.445 e. The number of thiophene rings is 1. The van der Waals surface area contributed by atoms with Gasteiger partial charge in [0, 0.05) is 4.88 Å². The van der Waals surface area contributed by atoms with Crippen molar-refractivity contribution in [2.45, 2.75) is 45.3 Å². The quantitative estimate of drug-likeness (QED) is 0.418. The summed E-state index contributed by atoms with van der Waals surface area (Å²) in [6, 6.07) is 11.3. The van der Waals surface area contributed by atoms with E-state index in [-0.39, 0.29) is 23.1 Å². The van der Waals surface area contributed by atoms with E-state index in [0.717, 1.165) is 29.0 Å². The van der Waals surface area contributed by atoms with Gasteiger partial charge in [-0.25, -0.2) is 13.6 Å². The van der Waals surface area contributed by atoms with Crippen molar-refractivity contribution in [3.05, 3.63) is 87.3 Å². The number of rotatable bonds is 7. The summed E-state index contributed by atoms with van der Waals surface area (Å²) in [4.78, 5) is 39.1. The fraction of sp³-hybridized carbons (Fsp3) is 0.269. The monoisotopic (exact) mass is 498 g/mol. The highest BCUT2D eigenvalue weighted by Crippen LogP contribution is 2.46. The van der Waals surface area contributed by atoms with Crippen LogP contribution in [0.3, 0.4) is 0 Å². The fourth-order valence-electron chi connectivity index (χ4n) is 4.02. The molecule has 0 saturated carbocycles. The minimum atomic E-state index is -0.985. The number of ether oxygens (including phenoxy) is 1. The van der Waals surface area contributed by atoms with E-state index in [9.17, 15) is 23.2 Å². The summed E-state index contributed by atoms with van der Waals surface area (Å²) in [6.07, 6.45) is 0.601. The van der Waals surface area contributed by atoms with Crippen molar-refractivity contribution >= 4 is 34.1 Å². The summed E-state index contributed by atoms with van der Waals surface area (Å²) in [5.41, 5.74) is 0.947. The Morgan fingerprint density at radius 3 is 2.43 bits per heavy atom. The first-order valence-corrected chi connectivity index (χ1v) is 12.0. The Hall–Kier alpha value is -3.59. The zero-order valence-corrected chi connectivity index (χ0v) is 20.0. The van der Waals surface area contributed by atoms with Crippen LogP contribution in [0.5, 0.6) is 0 Å². The Bertz CT molecular complexity index is 1260. The molecule has 35 heavy (non-hydrogen) atoms. The number of alkyl carbamates (subject to hydrolysis) is 1. The molecule has 2 N–H and O–H groups in total. The number of anilines is 1. The lowest BCUT2D eigenvalue weighted by atomic mass is 9.99. The normalized spacial score (nSPS) is 15.3. The van der Waals surface area contributed by atoms with Gasteiger partial charge in [-0.1, -0.05) is 43.3 Å². The number of carbonyl (C=O) groups excluding carboxylic acids is 3. The Kier molecular flexibility index (Phi) is 7.25. The molecular formula is C26H24F2N2O4S. The number of nitrogens with one attached hydrogen (secondary N) is 2. The molecule has 9 heteroatoms. The van der Waals surface area contributed by atoms with Crippen LogP contribution in [0.1, 0.15) is 58.1 Å². The summed E-state index contributed by atoms with van der Waals surface area (Å²) >= 11 is 1.22. The third-order valence-electron chi connectivity index (χ3n) is 5.91. The average Bonchev–Trinajstić information content (AvgIpc) is 3.36. The van der Waals surface area contributed by atoms with Gasteiger partial charge >= 0.3 is 6.09 Å². The minimum Gasteiger partial charge on any atom is -0.445 e. The molecule has 3 aromatic rings. The zero-order chi connectivity index (χ0) is 25.1. The van der Waals surface area contributed by atoms with Gasteiger partial charge in [-0.2, -0.15) is 0 Å². The van der Waals surface area contributed by atoms with E-state index in [1.165, 1.54) is 24.3 Å². The van der Waals surface area contributed by atoms with Crippen LogP contribution in [0.15, 0.2) is 48.5 Å². The van der Waals surface area contributed by atoms with E-state index >= 15 is 0 Å². The molecule has 1 heterocycles. The first-order valence-electron chi connectivity index (χ1n) is 11.2. The number of benzene rings is 2. The molecule has 1 aliphatic rings. The van der Waals surface area contributed by atoms with Crippen LogP contribution in [-0.4, -0.2) is 23.8 Å². The fourth-order valence-corrected chi connectivity index (χ4v) is 5.35. The number of fused-ring (bicyclic) bond motifs is 1. The molecule has 0 radical (unpaired) electrons. The molecule has 1 aliphatic carbocycles. The molecule has 4 rings (SSSR count). The number of hydrogen-bond donors (Lipinski definition) is 2. The standard InChI is InChI=1S/C26H24F2N2O4S/c1-14-11-12-17-20(22(31)21-18(27)9-6-10-19(21)28)25(35-23(14)17)30-24(32)15(2)29-26(33)34-13-16-7-4-3-5-8-16/h3-10,14-15H,11-13H2,1-2H3,(H,29,33)(H,30,32)/t14?,15-/m0/s1. The van der Waals surface area contributed by atoms with Gasteiger partial charge in [-0.3, -0.25) is 9.59 Å². The van der Waals surface area contributed by atoms with E-state index in [0.29, 0.717) is 12.0 Å². The summed E-state index contributed by atoms with van der Waals surface area (Å²) in [5, 5.41) is 5.34. The lowest BCUT2D eigenvalue weighted by molar-refractivity contribution is -0.117. The topological polar surface area (TPSA) is 84.5 Å². The highest BCUT2D eigenvalue weighted by molar-refractivity contribution is 7.17. The van der Waals surface area contributed by atoms with Crippen LogP contribution in [0.25, 0.3) is 0 Å². The summed E-state index contributed by atoms with van der Waals surface area (Å²) < 4.78 is 33.9. The summed E-state index contributed by atoms with van der Waals surface area (Å²) in [5.74, 6) is -3.17. The second kappa shape index (κ2) is 10.4. The van der Waals surface area contributed by atoms with Gasteiger partial charge in [-0.05, 0) is 48.9 Å². The van der Waals surface area contributed by atoms with Crippen molar-refractivity contribution in [2.24, 2.45) is 0 Å². The van der Waals surface area contributed by atoms with Crippen LogP contribution < -0.4 is 10.6 Å². The van der Waals surface area contributed by atoms with Crippen LogP contribution in [0.4, 0.5) is 18.6 Å². The Labute approximate surface area is 205 Å². The zero-order valence-electron chi connectivity index (χ0n) is 19.2. The van der Waals surface area contributed by atoms with Crippen LogP contribution in [-0.2, 0) is 22.6 Å². The Morgan fingerprint density at radius 1 is 1.06 bits per heavy atom. The van der Waals surface area contributed by atoms with Gasteiger partial charge in [0.05, 0.1) is 11.1 Å². The van der Waals surface area contributed by atoms with E-state index in [1.807, 2.05) is 25.1 Å². The number of amides is 2. The van der Waals surface area contributed by atoms with Crippen LogP contribution in [0, 0.1) is 11.6 Å². The number of ketones is 1. The van der Waals surface area contributed by atoms with Crippen molar-refractivity contribution in [3.8, 4) is 0 Å². The second-order valence-corrected chi connectivity index (χ2v) is 9.48. The van der Waals surface area contributed by atoms with Gasteiger partial charge < -0.3 is 15.4 Å². The molecule has 0 bridgehead atoms. The third kappa shape index (κ3) is 5.24. The molecule has 182 valence electrons. The third-order valence-corrected chi connectivity index (χ3v) is 7.29. The lowest BCUT2D eigenvalue weighted by Crippen LogP contribution is -2.41. The first kappa shape index (κ1) is 24.5. The maximum Gasteiger partial charge on any atom is 0.408 e. The molecule has 2 amide bonds. The molecule has 6 nitrogen and oxygen atoms in total. The predicted molar refractivity (Wildman–Crippen MR) is 129 cm³/mol. The SMILES string of the molecule is CC1CCc2c1sc(NC(=O)[C@H](C)NC(=O)OCc1ccccc1)c2C(=O)c1c(F)cccc1F. The highest BCUT2D eigenvalue weighted by Gasteiger charge is 2.34. The van der Waals surface area contributed by atoms with E-state index in [4.69, 9.17) is 4.74 Å². The van der Waals surface area contributed by atoms with Gasteiger partial charge in [0.25, 0.3) is 0 Å². The van der Waals surface area contributed by atoms with E-state index in [1.54, 1.807) is 12.1 Å². The van der Waals surface area contributed by atoms with Crippen molar-refractivity contribution in [2.75, 3.05) is 5.32 Å². The van der Waals surface area contributed by atoms with Gasteiger partial charge in [0.15, 0.2) is 0 Å². The van der Waals surface area contributed by atoms with Crippen molar-refractivity contribution in [1.82, 2.24) is 5.32 Å². The van der Waals surface area contributed by atoms with Crippen molar-refractivity contribution in [3.63, 3.8) is 0 Å². The van der Waals surface area contributed by atoms with Gasteiger partial charge in [0.1, 0.15) is 29.3 Å². The Balaban J connectivity index is 1.51. The molecule has 2 atom stereocenters. The van der Waals surface area contributed by atoms with Crippen molar-refractivity contribution < 1.29 is 27.9 Å². The average molecular weight is 499 g/mol. The molecule has 1 aromatic heterocycles. The maximum atomic E-state index is 14.4. The number of carbonyl (C=O) groups is 3. The number of hydrogen-bond acceptors (Lipinski definition) is 5. The highest BCUT2D eigenvalue weighted by atomic mass is 32.1. The maximum absolute atomic E-state index is 14.4. The van der Waals surface area contributed by atoms with E-state index in [2.05, 4.69) is 10.6 Å². The Morgan fingerprint density at radius 2 is 1.74 bits per heavy atom. The number of halogens is 2. The molecule has 0 aliphatic heterocycles. The van der Waals surface area contributed by atoms with Crippen LogP contribution >= 0.6 is 11.3 Å². The lowest BCUT2D eigenvalue weighted by Gasteiger charge is -2.15. The molecular weight excluding hydrogens is 474 g/mol. The van der Waals surface area contributed by atoms with E-state index < -0.39 is 41.0 Å². The molecule has 1 unspecified atom stereocenters. The summed E-state index contributed by atoms with van der Waals surface area (Å²) in [7, 11) is 0. The van der Waals surface area contributed by atoms with Gasteiger partial charge in [0.2, 0.25) is 11.7 Å². The molecule has 0 spiro atoms.